The number of aromatic nitrogens is 1. The van der Waals surface area contributed by atoms with Gasteiger partial charge in [-0.3, -0.25) is 15.4 Å². The molecule has 9 nitrogen and oxygen atoms in total. The Kier molecular flexibility index (Phi) is 6.06. The largest absolute Gasteiger partial charge is 0.481 e. The Labute approximate surface area is 151 Å². The first kappa shape index (κ1) is 19.4. The number of carbonyl (C=O) groups is 1. The van der Waals surface area contributed by atoms with Crippen LogP contribution in [0.15, 0.2) is 24.3 Å². The minimum atomic E-state index is -1.12. The molecule has 0 aliphatic carbocycles. The van der Waals surface area contributed by atoms with E-state index in [0.717, 1.165) is 18.2 Å². The van der Waals surface area contributed by atoms with Crippen LogP contribution in [0.5, 0.6) is 5.88 Å². The molecule has 2 aromatic rings. The fourth-order valence-corrected chi connectivity index (χ4v) is 1.82. The smallest absolute Gasteiger partial charge is 0.413 e. The van der Waals surface area contributed by atoms with Gasteiger partial charge in [0.2, 0.25) is 11.7 Å². The van der Waals surface area contributed by atoms with E-state index in [1.54, 1.807) is 0 Å². The van der Waals surface area contributed by atoms with Crippen molar-refractivity contribution in [2.75, 3.05) is 24.8 Å². The SMILES string of the molecule is COc1ccc([N+](=O)[O-])c(NC(=O)OCC#Cc2cc(F)c(F)cc2N)n1. The third kappa shape index (κ3) is 5.02. The molecule has 0 bridgehead atoms. The van der Waals surface area contributed by atoms with Crippen molar-refractivity contribution >= 4 is 23.3 Å². The van der Waals surface area contributed by atoms with Crippen LogP contribution in [0.25, 0.3) is 0 Å². The summed E-state index contributed by atoms with van der Waals surface area (Å²) in [6.07, 6.45) is -1.06. The number of nitrogen functional groups attached to an aromatic ring is 1. The number of hydrogen-bond acceptors (Lipinski definition) is 7. The van der Waals surface area contributed by atoms with E-state index in [1.807, 2.05) is 0 Å². The van der Waals surface area contributed by atoms with Gasteiger partial charge in [-0.15, -0.1) is 0 Å². The van der Waals surface area contributed by atoms with E-state index in [0.29, 0.717) is 0 Å². The summed E-state index contributed by atoms with van der Waals surface area (Å²) in [6.45, 7) is -0.442. The number of nitrogens with one attached hydrogen (secondary N) is 1. The normalized spacial score (nSPS) is 9.74. The standard InChI is InChI=1S/C16H12F2N4O5/c1-26-14-5-4-13(22(24)25)15(20-14)21-16(23)27-6-2-3-9-7-10(17)11(18)8-12(9)19/h4-5,7-8H,6,19H2,1H3,(H,20,21,23). The highest BCUT2D eigenvalue weighted by Crippen LogP contribution is 2.24. The molecule has 0 saturated carbocycles. The highest BCUT2D eigenvalue weighted by atomic mass is 19.2. The molecular weight excluding hydrogens is 366 g/mol. The zero-order chi connectivity index (χ0) is 20.0. The number of carbonyl (C=O) groups excluding carboxylic acids is 1. The van der Waals surface area contributed by atoms with Crippen LogP contribution in [0.3, 0.4) is 0 Å². The van der Waals surface area contributed by atoms with Crippen LogP contribution in [-0.2, 0) is 4.74 Å². The number of anilines is 2. The van der Waals surface area contributed by atoms with Crippen LogP contribution in [-0.4, -0.2) is 29.7 Å². The maximum absolute atomic E-state index is 13.1. The second-order valence-electron chi connectivity index (χ2n) is 4.83. The zero-order valence-corrected chi connectivity index (χ0v) is 13.8. The first-order chi connectivity index (χ1) is 12.8. The lowest BCUT2D eigenvalue weighted by Crippen LogP contribution is -2.16. The fraction of sp³-hybridized carbons (Fsp3) is 0.125. The minimum absolute atomic E-state index is 0.0167. The molecule has 1 aromatic heterocycles. The van der Waals surface area contributed by atoms with Crippen molar-refractivity contribution in [3.8, 4) is 17.7 Å². The summed E-state index contributed by atoms with van der Waals surface area (Å²) in [5.74, 6) is 2.24. The first-order valence-electron chi connectivity index (χ1n) is 7.18. The molecule has 0 fully saturated rings. The van der Waals surface area contributed by atoms with E-state index in [1.165, 1.54) is 13.2 Å². The molecule has 1 amide bonds. The number of halogens is 2. The van der Waals surface area contributed by atoms with Crippen molar-refractivity contribution in [1.29, 1.82) is 0 Å². The van der Waals surface area contributed by atoms with Gasteiger partial charge in [-0.25, -0.2) is 13.6 Å². The molecule has 0 saturated heterocycles. The number of pyridine rings is 1. The Morgan fingerprint density at radius 1 is 1.37 bits per heavy atom. The van der Waals surface area contributed by atoms with Crippen molar-refractivity contribution < 1.29 is 28.0 Å². The van der Waals surface area contributed by atoms with Crippen LogP contribution in [0, 0.1) is 33.6 Å². The van der Waals surface area contributed by atoms with Gasteiger partial charge in [-0.2, -0.15) is 4.98 Å². The van der Waals surface area contributed by atoms with Gasteiger partial charge in [0.05, 0.1) is 23.3 Å². The highest BCUT2D eigenvalue weighted by Gasteiger charge is 2.19. The average Bonchev–Trinajstić information content (AvgIpc) is 2.62. The van der Waals surface area contributed by atoms with Crippen molar-refractivity contribution in [3.05, 3.63) is 51.6 Å². The summed E-state index contributed by atoms with van der Waals surface area (Å²) in [5.41, 5.74) is 4.96. The van der Waals surface area contributed by atoms with Gasteiger partial charge in [0.25, 0.3) is 0 Å². The van der Waals surface area contributed by atoms with Crippen molar-refractivity contribution in [3.63, 3.8) is 0 Å². The van der Waals surface area contributed by atoms with Crippen LogP contribution < -0.4 is 15.8 Å². The molecule has 0 unspecified atom stereocenters. The lowest BCUT2D eigenvalue weighted by molar-refractivity contribution is -0.384. The summed E-state index contributed by atoms with van der Waals surface area (Å²) in [4.78, 5) is 25.7. The number of ether oxygens (including phenoxy) is 2. The molecule has 3 N–H and O–H groups in total. The lowest BCUT2D eigenvalue weighted by atomic mass is 10.2. The Morgan fingerprint density at radius 2 is 2.07 bits per heavy atom. The topological polar surface area (TPSA) is 130 Å². The van der Waals surface area contributed by atoms with Gasteiger partial charge in [0, 0.05) is 18.2 Å². The lowest BCUT2D eigenvalue weighted by Gasteiger charge is -2.06. The molecule has 11 heteroatoms. The van der Waals surface area contributed by atoms with Gasteiger partial charge in [0.1, 0.15) is 0 Å². The van der Waals surface area contributed by atoms with Gasteiger partial charge in [-0.05, 0) is 6.07 Å². The molecular formula is C16H12F2N4O5. The molecule has 0 aliphatic heterocycles. The number of hydrogen-bond donors (Lipinski definition) is 2. The van der Waals surface area contributed by atoms with Gasteiger partial charge in [-0.1, -0.05) is 11.8 Å². The third-order valence-corrected chi connectivity index (χ3v) is 3.07. The van der Waals surface area contributed by atoms with Crippen LogP contribution in [0.1, 0.15) is 5.56 Å². The highest BCUT2D eigenvalue weighted by molar-refractivity contribution is 5.86. The molecule has 1 heterocycles. The molecule has 0 atom stereocenters. The van der Waals surface area contributed by atoms with Gasteiger partial charge >= 0.3 is 11.8 Å². The van der Waals surface area contributed by atoms with Crippen LogP contribution >= 0.6 is 0 Å². The summed E-state index contributed by atoms with van der Waals surface area (Å²) in [7, 11) is 1.30. The Hall–Kier alpha value is -3.94. The monoisotopic (exact) mass is 378 g/mol. The third-order valence-electron chi connectivity index (χ3n) is 3.07. The maximum atomic E-state index is 13.1. The Morgan fingerprint density at radius 3 is 2.74 bits per heavy atom. The van der Waals surface area contributed by atoms with E-state index < -0.39 is 34.9 Å². The van der Waals surface area contributed by atoms with E-state index in [9.17, 15) is 23.7 Å². The number of rotatable bonds is 4. The van der Waals surface area contributed by atoms with E-state index in [-0.39, 0.29) is 22.9 Å². The summed E-state index contributed by atoms with van der Waals surface area (Å²) < 4.78 is 35.7. The quantitative estimate of drug-likeness (QED) is 0.362. The van der Waals surface area contributed by atoms with Crippen LogP contribution in [0.2, 0.25) is 0 Å². The Bertz CT molecular complexity index is 956. The number of methoxy groups -OCH3 is 1. The zero-order valence-electron chi connectivity index (χ0n) is 13.8. The molecule has 2 rings (SSSR count). The van der Waals surface area contributed by atoms with E-state index in [4.69, 9.17) is 15.2 Å². The number of nitro groups is 1. The molecule has 0 spiro atoms. The first-order valence-corrected chi connectivity index (χ1v) is 7.18. The van der Waals surface area contributed by atoms with Gasteiger partial charge in [0.15, 0.2) is 18.2 Å². The molecule has 0 radical (unpaired) electrons. The number of amides is 1. The second kappa shape index (κ2) is 8.43. The molecule has 1 aromatic carbocycles. The number of nitrogens with zero attached hydrogens (tertiary/aromatic N) is 2. The molecule has 0 aliphatic rings. The number of benzene rings is 1. The summed E-state index contributed by atoms with van der Waals surface area (Å²) in [6, 6.07) is 3.95. The van der Waals surface area contributed by atoms with Crippen molar-refractivity contribution in [2.45, 2.75) is 0 Å². The minimum Gasteiger partial charge on any atom is -0.481 e. The van der Waals surface area contributed by atoms with E-state index in [2.05, 4.69) is 22.1 Å². The average molecular weight is 378 g/mol. The Balaban J connectivity index is 2.02. The van der Waals surface area contributed by atoms with Crippen molar-refractivity contribution in [1.82, 2.24) is 4.98 Å². The van der Waals surface area contributed by atoms with E-state index >= 15 is 0 Å². The second-order valence-corrected chi connectivity index (χ2v) is 4.83. The predicted molar refractivity (Wildman–Crippen MR) is 90.1 cm³/mol. The summed E-state index contributed by atoms with van der Waals surface area (Å²) >= 11 is 0. The predicted octanol–water partition coefficient (Wildman–Crippen LogP) is 2.46. The van der Waals surface area contributed by atoms with Crippen LogP contribution in [0.4, 0.5) is 30.8 Å². The number of nitrogens with two attached hydrogens (primary N) is 1. The summed E-state index contributed by atoms with van der Waals surface area (Å²) in [5, 5.41) is 13.0. The molecule has 27 heavy (non-hydrogen) atoms. The van der Waals surface area contributed by atoms with Crippen molar-refractivity contribution in [2.24, 2.45) is 0 Å². The fourth-order valence-electron chi connectivity index (χ4n) is 1.82. The molecule has 140 valence electrons. The van der Waals surface area contributed by atoms with Gasteiger partial charge < -0.3 is 15.2 Å². The maximum Gasteiger partial charge on any atom is 0.413 e.